The lowest BCUT2D eigenvalue weighted by Crippen LogP contribution is -2.44. The van der Waals surface area contributed by atoms with Gasteiger partial charge >= 0.3 is 0 Å². The number of fused-ring (bicyclic) bond motifs is 1. The average Bonchev–Trinajstić information content (AvgIpc) is 3.14. The van der Waals surface area contributed by atoms with E-state index in [0.29, 0.717) is 24.6 Å². The maximum Gasteiger partial charge on any atom is 0.263 e. The number of aryl methyl sites for hydroxylation is 2. The van der Waals surface area contributed by atoms with E-state index in [1.807, 2.05) is 13.8 Å². The van der Waals surface area contributed by atoms with Crippen molar-refractivity contribution >= 4 is 34.6 Å². The number of hydrogen-bond donors (Lipinski definition) is 1. The number of nitrogens with one attached hydrogen (secondary N) is 1. The first-order valence-corrected chi connectivity index (χ1v) is 11.5. The SMILES string of the molecule is CSc1ccc(CCNC(=O)C2CCCN(c3nc(C)nc4onc(C)c34)C2)cc1. The maximum absolute atomic E-state index is 12.8. The largest absolute Gasteiger partial charge is 0.355 e. The molecule has 1 unspecified atom stereocenters. The molecule has 0 spiro atoms. The Morgan fingerprint density at radius 2 is 2.07 bits per heavy atom. The van der Waals surface area contributed by atoms with Crippen molar-refractivity contribution in [2.75, 3.05) is 30.8 Å². The Bertz CT molecular complexity index is 1030. The number of amides is 1. The third-order valence-electron chi connectivity index (χ3n) is 5.56. The van der Waals surface area contributed by atoms with Gasteiger partial charge in [-0.15, -0.1) is 11.8 Å². The molecule has 7 nitrogen and oxygen atoms in total. The fourth-order valence-electron chi connectivity index (χ4n) is 3.95. The van der Waals surface area contributed by atoms with Gasteiger partial charge in [-0.2, -0.15) is 4.98 Å². The molecule has 1 N–H and O–H groups in total. The minimum absolute atomic E-state index is 0.0527. The Labute approximate surface area is 180 Å². The van der Waals surface area contributed by atoms with Gasteiger partial charge < -0.3 is 14.7 Å². The maximum atomic E-state index is 12.8. The molecular weight excluding hydrogens is 398 g/mol. The highest BCUT2D eigenvalue weighted by Crippen LogP contribution is 2.30. The predicted molar refractivity (Wildman–Crippen MR) is 119 cm³/mol. The quantitative estimate of drug-likeness (QED) is 0.605. The Hall–Kier alpha value is -2.61. The van der Waals surface area contributed by atoms with Crippen molar-refractivity contribution in [1.82, 2.24) is 20.4 Å². The highest BCUT2D eigenvalue weighted by Gasteiger charge is 2.28. The third-order valence-corrected chi connectivity index (χ3v) is 6.31. The lowest BCUT2D eigenvalue weighted by Gasteiger charge is -2.33. The van der Waals surface area contributed by atoms with E-state index >= 15 is 0 Å². The molecule has 1 aliphatic heterocycles. The number of anilines is 1. The summed E-state index contributed by atoms with van der Waals surface area (Å²) in [7, 11) is 0. The zero-order valence-electron chi connectivity index (χ0n) is 17.6. The van der Waals surface area contributed by atoms with Crippen molar-refractivity contribution in [2.45, 2.75) is 38.0 Å². The van der Waals surface area contributed by atoms with E-state index < -0.39 is 0 Å². The first-order valence-electron chi connectivity index (χ1n) is 10.3. The van der Waals surface area contributed by atoms with Gasteiger partial charge in [0.05, 0.1) is 11.6 Å². The number of carbonyl (C=O) groups excluding carboxylic acids is 1. The summed E-state index contributed by atoms with van der Waals surface area (Å²) >= 11 is 1.73. The van der Waals surface area contributed by atoms with Crippen LogP contribution in [0.15, 0.2) is 33.7 Å². The van der Waals surface area contributed by atoms with Crippen LogP contribution in [0.5, 0.6) is 0 Å². The van der Waals surface area contributed by atoms with Crippen LogP contribution in [0.25, 0.3) is 11.1 Å². The number of nitrogens with zero attached hydrogens (tertiary/aromatic N) is 4. The van der Waals surface area contributed by atoms with Crippen LogP contribution in [-0.4, -0.2) is 46.9 Å². The Morgan fingerprint density at radius 3 is 2.83 bits per heavy atom. The number of hydrogen-bond acceptors (Lipinski definition) is 7. The van der Waals surface area contributed by atoms with E-state index in [-0.39, 0.29) is 11.8 Å². The lowest BCUT2D eigenvalue weighted by molar-refractivity contribution is -0.125. The number of aromatic nitrogens is 3. The fourth-order valence-corrected chi connectivity index (χ4v) is 4.36. The van der Waals surface area contributed by atoms with Gasteiger partial charge in [0, 0.05) is 24.5 Å². The van der Waals surface area contributed by atoms with E-state index in [0.717, 1.165) is 42.7 Å². The van der Waals surface area contributed by atoms with Gasteiger partial charge in [-0.05, 0) is 57.1 Å². The van der Waals surface area contributed by atoms with Crippen LogP contribution in [0.1, 0.15) is 29.9 Å². The van der Waals surface area contributed by atoms with E-state index in [1.165, 1.54) is 10.5 Å². The summed E-state index contributed by atoms with van der Waals surface area (Å²) in [6.45, 7) is 5.90. The first kappa shape index (κ1) is 20.7. The fraction of sp³-hybridized carbons (Fsp3) is 0.455. The van der Waals surface area contributed by atoms with Gasteiger partial charge in [0.2, 0.25) is 5.91 Å². The van der Waals surface area contributed by atoms with Crippen molar-refractivity contribution in [2.24, 2.45) is 5.92 Å². The van der Waals surface area contributed by atoms with Gasteiger partial charge in [-0.25, -0.2) is 4.98 Å². The first-order chi connectivity index (χ1) is 14.5. The van der Waals surface area contributed by atoms with Crippen molar-refractivity contribution in [3.63, 3.8) is 0 Å². The molecule has 4 rings (SSSR count). The van der Waals surface area contributed by atoms with E-state index in [2.05, 4.69) is 55.9 Å². The van der Waals surface area contributed by atoms with Crippen molar-refractivity contribution in [3.8, 4) is 0 Å². The number of carbonyl (C=O) groups is 1. The topological polar surface area (TPSA) is 84.2 Å². The van der Waals surface area contributed by atoms with E-state index in [9.17, 15) is 4.79 Å². The van der Waals surface area contributed by atoms with Crippen LogP contribution in [-0.2, 0) is 11.2 Å². The molecule has 3 aromatic rings. The van der Waals surface area contributed by atoms with Crippen molar-refractivity contribution < 1.29 is 9.32 Å². The van der Waals surface area contributed by atoms with Crippen LogP contribution in [0, 0.1) is 19.8 Å². The standard InChI is InChI=1S/C22H27N5O2S/c1-14-19-20(24-15(2)25-22(19)29-26-14)27-12-4-5-17(13-27)21(28)23-11-10-16-6-8-18(30-3)9-7-16/h6-9,17H,4-5,10-13H2,1-3H3,(H,23,28). The van der Waals surface area contributed by atoms with Crippen LogP contribution in [0.4, 0.5) is 5.82 Å². The number of rotatable bonds is 6. The molecule has 158 valence electrons. The minimum atomic E-state index is -0.0527. The number of thioether (sulfide) groups is 1. The molecule has 30 heavy (non-hydrogen) atoms. The average molecular weight is 426 g/mol. The second kappa shape index (κ2) is 9.04. The summed E-state index contributed by atoms with van der Waals surface area (Å²) in [5, 5.41) is 8.01. The molecule has 1 saturated heterocycles. The summed E-state index contributed by atoms with van der Waals surface area (Å²) in [5.74, 6) is 1.53. The number of benzene rings is 1. The molecule has 1 fully saturated rings. The normalized spacial score (nSPS) is 16.8. The molecule has 1 amide bonds. The summed E-state index contributed by atoms with van der Waals surface area (Å²) < 4.78 is 5.34. The molecule has 1 atom stereocenters. The Balaban J connectivity index is 1.39. The molecule has 1 aromatic carbocycles. The van der Waals surface area contributed by atoms with Crippen molar-refractivity contribution in [1.29, 1.82) is 0 Å². The van der Waals surface area contributed by atoms with Gasteiger partial charge in [-0.3, -0.25) is 4.79 Å². The molecule has 2 aromatic heterocycles. The summed E-state index contributed by atoms with van der Waals surface area (Å²) in [6, 6.07) is 8.50. The monoisotopic (exact) mass is 425 g/mol. The molecule has 3 heterocycles. The Morgan fingerprint density at radius 1 is 1.27 bits per heavy atom. The summed E-state index contributed by atoms with van der Waals surface area (Å²) in [4.78, 5) is 25.2. The van der Waals surface area contributed by atoms with Gasteiger partial charge in [0.1, 0.15) is 17.0 Å². The van der Waals surface area contributed by atoms with Crippen LogP contribution in [0.2, 0.25) is 0 Å². The number of piperidine rings is 1. The van der Waals surface area contributed by atoms with Crippen LogP contribution < -0.4 is 10.2 Å². The smallest absolute Gasteiger partial charge is 0.263 e. The zero-order chi connectivity index (χ0) is 21.1. The molecule has 0 radical (unpaired) electrons. The van der Waals surface area contributed by atoms with Crippen LogP contribution >= 0.6 is 11.8 Å². The predicted octanol–water partition coefficient (Wildman–Crippen LogP) is 3.53. The second-order valence-electron chi connectivity index (χ2n) is 7.72. The summed E-state index contributed by atoms with van der Waals surface area (Å²) in [6.07, 6.45) is 4.74. The highest BCUT2D eigenvalue weighted by molar-refractivity contribution is 7.98. The van der Waals surface area contributed by atoms with E-state index in [1.54, 1.807) is 11.8 Å². The van der Waals surface area contributed by atoms with E-state index in [4.69, 9.17) is 4.52 Å². The molecular formula is C22H27N5O2S. The molecule has 8 heteroatoms. The second-order valence-corrected chi connectivity index (χ2v) is 8.60. The highest BCUT2D eigenvalue weighted by atomic mass is 32.2. The molecule has 1 aliphatic rings. The molecule has 0 bridgehead atoms. The minimum Gasteiger partial charge on any atom is -0.355 e. The Kier molecular flexibility index (Phi) is 6.22. The van der Waals surface area contributed by atoms with Crippen molar-refractivity contribution in [3.05, 3.63) is 41.3 Å². The molecule has 0 aliphatic carbocycles. The summed E-state index contributed by atoms with van der Waals surface area (Å²) in [5.41, 5.74) is 2.52. The zero-order valence-corrected chi connectivity index (χ0v) is 18.5. The lowest BCUT2D eigenvalue weighted by atomic mass is 9.96. The van der Waals surface area contributed by atoms with Gasteiger partial charge in [0.15, 0.2) is 0 Å². The van der Waals surface area contributed by atoms with Gasteiger partial charge in [-0.1, -0.05) is 17.3 Å². The van der Waals surface area contributed by atoms with Gasteiger partial charge in [0.25, 0.3) is 5.71 Å². The van der Waals surface area contributed by atoms with Crippen LogP contribution in [0.3, 0.4) is 0 Å². The third kappa shape index (κ3) is 4.43. The molecule has 0 saturated carbocycles.